The topological polar surface area (TPSA) is 78.5 Å². The lowest BCUT2D eigenvalue weighted by atomic mass is 9.96. The minimum Gasteiger partial charge on any atom is -0.288 e. The summed E-state index contributed by atoms with van der Waals surface area (Å²) in [6.07, 6.45) is 6.64. The van der Waals surface area contributed by atoms with Crippen LogP contribution in [0.2, 0.25) is 0 Å². The van der Waals surface area contributed by atoms with E-state index in [2.05, 4.69) is 20.6 Å². The fraction of sp³-hybridized carbons (Fsp3) is 0.105. The largest absolute Gasteiger partial charge is 0.288 e. The van der Waals surface area contributed by atoms with Crippen molar-refractivity contribution in [3.8, 4) is 11.4 Å². The van der Waals surface area contributed by atoms with Crippen molar-refractivity contribution in [2.45, 2.75) is 13.8 Å². The molecule has 0 saturated carbocycles. The summed E-state index contributed by atoms with van der Waals surface area (Å²) in [5.41, 5.74) is 4.44. The maximum absolute atomic E-state index is 13.5. The first kappa shape index (κ1) is 15.9. The summed E-state index contributed by atoms with van der Waals surface area (Å²) in [6, 6.07) is 11.2. The molecule has 2 aromatic carbocycles. The van der Waals surface area contributed by atoms with Gasteiger partial charge in [-0.3, -0.25) is 4.79 Å². The van der Waals surface area contributed by atoms with Gasteiger partial charge < -0.3 is 0 Å². The Labute approximate surface area is 149 Å². The lowest BCUT2D eigenvalue weighted by molar-refractivity contribution is 0.103. The van der Waals surface area contributed by atoms with E-state index < -0.39 is 0 Å². The first-order chi connectivity index (χ1) is 12.7. The second kappa shape index (κ2) is 6.36. The highest BCUT2D eigenvalue weighted by molar-refractivity contribution is 6.13. The van der Waals surface area contributed by atoms with Gasteiger partial charge >= 0.3 is 0 Å². The normalized spacial score (nSPS) is 10.8. The number of aryl methyl sites for hydroxylation is 2. The van der Waals surface area contributed by atoms with Crippen LogP contribution in [-0.2, 0) is 0 Å². The Balaban J connectivity index is 1.92. The van der Waals surface area contributed by atoms with Gasteiger partial charge in [-0.2, -0.15) is 0 Å². The second-order valence-electron chi connectivity index (χ2n) is 5.97. The van der Waals surface area contributed by atoms with Gasteiger partial charge in [0.25, 0.3) is 0 Å². The highest BCUT2D eigenvalue weighted by atomic mass is 16.1. The van der Waals surface area contributed by atoms with E-state index in [9.17, 15) is 4.79 Å². The Morgan fingerprint density at radius 3 is 1.62 bits per heavy atom. The zero-order valence-electron chi connectivity index (χ0n) is 14.4. The van der Waals surface area contributed by atoms with Crippen LogP contribution in [0.5, 0.6) is 0 Å². The Hall–Kier alpha value is -3.61. The number of carbonyl (C=O) groups excluding carboxylic acids is 1. The molecule has 0 amide bonds. The molecule has 4 rings (SSSR count). The van der Waals surface area contributed by atoms with E-state index in [4.69, 9.17) is 0 Å². The Kier molecular flexibility index (Phi) is 3.89. The average molecular weight is 344 g/mol. The lowest BCUT2D eigenvalue weighted by Crippen LogP contribution is -2.13. The smallest absolute Gasteiger partial charge is 0.197 e. The van der Waals surface area contributed by atoms with Gasteiger partial charge in [0.2, 0.25) is 0 Å². The first-order valence-corrected chi connectivity index (χ1v) is 8.14. The van der Waals surface area contributed by atoms with Crippen LogP contribution in [0.25, 0.3) is 11.4 Å². The minimum absolute atomic E-state index is 0.103. The monoisotopic (exact) mass is 344 g/mol. The molecule has 0 unspecified atom stereocenters. The summed E-state index contributed by atoms with van der Waals surface area (Å²) in [4.78, 5) is 13.5. The van der Waals surface area contributed by atoms with Crippen LogP contribution in [0.1, 0.15) is 27.0 Å². The molecule has 2 heterocycles. The van der Waals surface area contributed by atoms with E-state index >= 15 is 0 Å². The van der Waals surface area contributed by atoms with Crippen LogP contribution in [0.15, 0.2) is 61.2 Å². The van der Waals surface area contributed by atoms with Crippen molar-refractivity contribution in [1.82, 2.24) is 30.0 Å². The van der Waals surface area contributed by atoms with Crippen LogP contribution >= 0.6 is 0 Å². The molecule has 0 aliphatic heterocycles. The third-order valence-electron chi connectivity index (χ3n) is 4.27. The summed E-state index contributed by atoms with van der Waals surface area (Å²) in [7, 11) is 0. The van der Waals surface area contributed by atoms with Crippen molar-refractivity contribution >= 4 is 5.78 Å². The van der Waals surface area contributed by atoms with E-state index in [1.54, 1.807) is 46.3 Å². The molecule has 0 radical (unpaired) electrons. The van der Waals surface area contributed by atoms with Crippen molar-refractivity contribution < 1.29 is 4.79 Å². The Morgan fingerprint density at radius 1 is 0.769 bits per heavy atom. The molecule has 2 aromatic heterocycles. The van der Waals surface area contributed by atoms with Gasteiger partial charge in [-0.15, -0.1) is 10.2 Å². The number of rotatable bonds is 4. The Bertz CT molecular complexity index is 982. The molecule has 128 valence electrons. The van der Waals surface area contributed by atoms with E-state index in [1.165, 1.54) is 0 Å². The quantitative estimate of drug-likeness (QED) is 0.532. The number of aromatic nitrogens is 6. The van der Waals surface area contributed by atoms with E-state index in [0.29, 0.717) is 11.1 Å². The van der Waals surface area contributed by atoms with Crippen LogP contribution < -0.4 is 0 Å². The average Bonchev–Trinajstić information content (AvgIpc) is 3.34. The molecule has 0 fully saturated rings. The SMILES string of the molecule is Cc1cccc(C(=O)c2cccc(C)c2-n2ccnn2)c1-n1ccnn1. The number of carbonyl (C=O) groups is 1. The maximum Gasteiger partial charge on any atom is 0.197 e. The van der Waals surface area contributed by atoms with Crippen LogP contribution in [0.3, 0.4) is 0 Å². The molecule has 26 heavy (non-hydrogen) atoms. The molecule has 7 heteroatoms. The number of ketones is 1. The van der Waals surface area contributed by atoms with Gasteiger partial charge in [0.1, 0.15) is 0 Å². The maximum atomic E-state index is 13.5. The van der Waals surface area contributed by atoms with Crippen molar-refractivity contribution in [3.05, 3.63) is 83.4 Å². The number of para-hydroxylation sites is 2. The van der Waals surface area contributed by atoms with E-state index in [1.807, 2.05) is 38.1 Å². The van der Waals surface area contributed by atoms with Gasteiger partial charge in [0.15, 0.2) is 5.78 Å². The number of hydrogen-bond acceptors (Lipinski definition) is 5. The number of nitrogens with zero attached hydrogens (tertiary/aromatic N) is 6. The van der Waals surface area contributed by atoms with Crippen LogP contribution in [-0.4, -0.2) is 35.8 Å². The summed E-state index contributed by atoms with van der Waals surface area (Å²) in [5, 5.41) is 15.9. The van der Waals surface area contributed by atoms with Crippen molar-refractivity contribution in [3.63, 3.8) is 0 Å². The van der Waals surface area contributed by atoms with Gasteiger partial charge in [-0.1, -0.05) is 34.7 Å². The van der Waals surface area contributed by atoms with E-state index in [0.717, 1.165) is 22.5 Å². The van der Waals surface area contributed by atoms with Gasteiger partial charge in [0.05, 0.1) is 36.2 Å². The fourth-order valence-corrected chi connectivity index (χ4v) is 3.09. The van der Waals surface area contributed by atoms with Crippen LogP contribution in [0.4, 0.5) is 0 Å². The molecule has 0 aliphatic carbocycles. The highest BCUT2D eigenvalue weighted by Crippen LogP contribution is 2.26. The Morgan fingerprint density at radius 2 is 1.23 bits per heavy atom. The lowest BCUT2D eigenvalue weighted by Gasteiger charge is -2.15. The van der Waals surface area contributed by atoms with E-state index in [-0.39, 0.29) is 5.78 Å². The molecule has 4 aromatic rings. The number of hydrogen-bond donors (Lipinski definition) is 0. The standard InChI is InChI=1S/C19H16N6O/c1-13-5-3-7-15(17(13)24-11-9-20-22-24)19(26)16-8-4-6-14(2)18(16)25-12-10-21-23-25/h3-12H,1-2H3. The summed E-state index contributed by atoms with van der Waals surface area (Å²) < 4.78 is 3.24. The molecule has 0 N–H and O–H groups in total. The molecular weight excluding hydrogens is 328 g/mol. The minimum atomic E-state index is -0.103. The molecular formula is C19H16N6O. The zero-order valence-corrected chi connectivity index (χ0v) is 14.4. The molecule has 7 nitrogen and oxygen atoms in total. The van der Waals surface area contributed by atoms with Gasteiger partial charge in [-0.05, 0) is 37.1 Å². The van der Waals surface area contributed by atoms with Crippen molar-refractivity contribution in [1.29, 1.82) is 0 Å². The predicted octanol–water partition coefficient (Wildman–Crippen LogP) is 2.70. The summed E-state index contributed by atoms with van der Waals surface area (Å²) in [6.45, 7) is 3.89. The van der Waals surface area contributed by atoms with Crippen LogP contribution in [0, 0.1) is 13.8 Å². The third-order valence-corrected chi connectivity index (χ3v) is 4.27. The molecule has 0 aliphatic rings. The van der Waals surface area contributed by atoms with Gasteiger partial charge in [-0.25, -0.2) is 9.36 Å². The number of benzene rings is 2. The first-order valence-electron chi connectivity index (χ1n) is 8.14. The highest BCUT2D eigenvalue weighted by Gasteiger charge is 2.21. The predicted molar refractivity (Wildman–Crippen MR) is 95.6 cm³/mol. The summed E-state index contributed by atoms with van der Waals surface area (Å²) in [5.74, 6) is -0.103. The molecule has 0 bridgehead atoms. The molecule has 0 spiro atoms. The van der Waals surface area contributed by atoms with Gasteiger partial charge in [0, 0.05) is 11.1 Å². The second-order valence-corrected chi connectivity index (χ2v) is 5.97. The zero-order chi connectivity index (χ0) is 18.1. The molecule has 0 atom stereocenters. The molecule has 0 saturated heterocycles. The van der Waals surface area contributed by atoms with Crippen molar-refractivity contribution in [2.75, 3.05) is 0 Å². The third kappa shape index (κ3) is 2.59. The van der Waals surface area contributed by atoms with Crippen molar-refractivity contribution in [2.24, 2.45) is 0 Å². The fourth-order valence-electron chi connectivity index (χ4n) is 3.09. The summed E-state index contributed by atoms with van der Waals surface area (Å²) >= 11 is 0.